The lowest BCUT2D eigenvalue weighted by Gasteiger charge is -2.18. The number of carbonyl (C=O) groups is 2. The average molecular weight is 382 g/mol. The molecular formula is C20H18N2O6. The Morgan fingerprint density at radius 3 is 2.43 bits per heavy atom. The second-order valence-electron chi connectivity index (χ2n) is 6.11. The molecule has 0 fully saturated rings. The number of Topliss-reactive ketones (excluding diaryl/α,β-unsaturated/α-hetero) is 1. The first-order valence-electron chi connectivity index (χ1n) is 8.48. The SMILES string of the molecule is COC(=O)Cc1ccc(OCc2c(C(C)=O)[n+](=O)c3ccccc3n2[O-])cc1. The zero-order valence-electron chi connectivity index (χ0n) is 15.4. The van der Waals surface area contributed by atoms with Gasteiger partial charge in [0.2, 0.25) is 5.78 Å². The summed E-state index contributed by atoms with van der Waals surface area (Å²) < 4.78 is 11.2. The molecule has 144 valence electrons. The van der Waals surface area contributed by atoms with Crippen LogP contribution in [0.3, 0.4) is 0 Å². The largest absolute Gasteiger partial charge is 0.805 e. The monoisotopic (exact) mass is 382 g/mol. The Kier molecular flexibility index (Phi) is 5.39. The normalized spacial score (nSPS) is 10.6. The van der Waals surface area contributed by atoms with Gasteiger partial charge in [-0.25, -0.2) is 0 Å². The number of rotatable bonds is 6. The highest BCUT2D eigenvalue weighted by molar-refractivity contribution is 5.93. The maximum atomic E-state index is 12.7. The summed E-state index contributed by atoms with van der Waals surface area (Å²) in [6.07, 6.45) is 0.132. The van der Waals surface area contributed by atoms with Crippen LogP contribution in [0.2, 0.25) is 0 Å². The summed E-state index contributed by atoms with van der Waals surface area (Å²) in [4.78, 5) is 35.9. The molecule has 0 atom stereocenters. The summed E-state index contributed by atoms with van der Waals surface area (Å²) in [7, 11) is 1.32. The summed E-state index contributed by atoms with van der Waals surface area (Å²) in [5.74, 6) is -0.463. The van der Waals surface area contributed by atoms with Gasteiger partial charge in [-0.3, -0.25) is 9.59 Å². The number of ketones is 1. The molecule has 0 N–H and O–H groups in total. The van der Waals surface area contributed by atoms with Crippen molar-refractivity contribution >= 4 is 22.8 Å². The molecule has 2 aromatic carbocycles. The Labute approximate surface area is 160 Å². The highest BCUT2D eigenvalue weighted by atomic mass is 16.5. The molecule has 0 aliphatic carbocycles. The van der Waals surface area contributed by atoms with Crippen LogP contribution in [0.4, 0.5) is 0 Å². The second kappa shape index (κ2) is 7.91. The third kappa shape index (κ3) is 3.71. The lowest BCUT2D eigenvalue weighted by molar-refractivity contribution is -0.468. The van der Waals surface area contributed by atoms with Crippen LogP contribution < -0.4 is 9.16 Å². The van der Waals surface area contributed by atoms with Crippen molar-refractivity contribution in [2.75, 3.05) is 7.11 Å². The molecule has 3 rings (SSSR count). The Hall–Kier alpha value is -3.68. The van der Waals surface area contributed by atoms with E-state index in [4.69, 9.17) is 4.74 Å². The second-order valence-corrected chi connectivity index (χ2v) is 6.11. The van der Waals surface area contributed by atoms with Gasteiger partial charge in [0.15, 0.2) is 0 Å². The summed E-state index contributed by atoms with van der Waals surface area (Å²) in [5.41, 5.74) is 0.676. The molecule has 8 nitrogen and oxygen atoms in total. The minimum atomic E-state index is -0.530. The molecule has 28 heavy (non-hydrogen) atoms. The maximum absolute atomic E-state index is 12.7. The number of aromatic nitrogens is 2. The summed E-state index contributed by atoms with van der Waals surface area (Å²) in [5, 5.41) is 12.7. The van der Waals surface area contributed by atoms with Gasteiger partial charge in [-0.05, 0) is 23.8 Å². The van der Waals surface area contributed by atoms with Gasteiger partial charge in [0.1, 0.15) is 23.6 Å². The van der Waals surface area contributed by atoms with E-state index in [0.29, 0.717) is 14.9 Å². The first-order chi connectivity index (χ1) is 13.4. The molecule has 0 unspecified atom stereocenters. The zero-order chi connectivity index (χ0) is 20.3. The quantitative estimate of drug-likeness (QED) is 0.368. The van der Waals surface area contributed by atoms with E-state index in [2.05, 4.69) is 4.74 Å². The van der Waals surface area contributed by atoms with Crippen LogP contribution in [0.15, 0.2) is 48.5 Å². The van der Waals surface area contributed by atoms with Crippen LogP contribution in [0.5, 0.6) is 5.75 Å². The van der Waals surface area contributed by atoms with Crippen molar-refractivity contribution < 1.29 is 23.5 Å². The molecule has 0 bridgehead atoms. The van der Waals surface area contributed by atoms with Gasteiger partial charge in [-0.1, -0.05) is 24.3 Å². The van der Waals surface area contributed by atoms with E-state index in [-0.39, 0.29) is 41.4 Å². The summed E-state index contributed by atoms with van der Waals surface area (Å²) in [6, 6.07) is 12.9. The van der Waals surface area contributed by atoms with E-state index in [1.165, 1.54) is 26.2 Å². The van der Waals surface area contributed by atoms with Crippen molar-refractivity contribution in [1.82, 2.24) is 4.73 Å². The van der Waals surface area contributed by atoms with Crippen molar-refractivity contribution in [2.24, 2.45) is 0 Å². The number of hydrogen-bond donors (Lipinski definition) is 0. The fourth-order valence-electron chi connectivity index (χ4n) is 2.85. The zero-order valence-corrected chi connectivity index (χ0v) is 15.4. The predicted molar refractivity (Wildman–Crippen MR) is 101 cm³/mol. The minimum absolute atomic E-state index is 0.0696. The van der Waals surface area contributed by atoms with Gasteiger partial charge in [-0.15, -0.1) is 0 Å². The first kappa shape index (κ1) is 19.1. The van der Waals surface area contributed by atoms with Crippen LogP contribution >= 0.6 is 0 Å². The number of hydrogen-bond acceptors (Lipinski definition) is 6. The number of methoxy groups -OCH3 is 1. The van der Waals surface area contributed by atoms with Crippen molar-refractivity contribution in [3.8, 4) is 5.75 Å². The van der Waals surface area contributed by atoms with Gasteiger partial charge >= 0.3 is 11.7 Å². The van der Waals surface area contributed by atoms with Crippen LogP contribution in [-0.2, 0) is 22.6 Å². The number of para-hydroxylation sites is 2. The van der Waals surface area contributed by atoms with Gasteiger partial charge in [-0.2, -0.15) is 0 Å². The third-order valence-corrected chi connectivity index (χ3v) is 4.25. The number of fused-ring (bicyclic) bond motifs is 1. The van der Waals surface area contributed by atoms with E-state index >= 15 is 0 Å². The van der Waals surface area contributed by atoms with E-state index in [0.717, 1.165) is 5.56 Å². The standard InChI is InChI=1S/C20H18N2O6/c1-13(23)20-18(21(25)16-5-3-4-6-17(16)22(20)26)12-28-15-9-7-14(8-10-15)11-19(24)27-2/h3-10H,11-12H2,1-2H3. The molecule has 1 aromatic heterocycles. The number of nitrogens with zero attached hydrogens (tertiary/aromatic N) is 2. The lowest BCUT2D eigenvalue weighted by Crippen LogP contribution is -2.31. The molecule has 0 saturated carbocycles. The van der Waals surface area contributed by atoms with Crippen LogP contribution in [0.25, 0.3) is 11.0 Å². The molecule has 0 spiro atoms. The van der Waals surface area contributed by atoms with Crippen LogP contribution in [0, 0.1) is 10.1 Å². The molecule has 3 aromatic rings. The Morgan fingerprint density at radius 1 is 1.11 bits per heavy atom. The van der Waals surface area contributed by atoms with E-state index < -0.39 is 5.78 Å². The smallest absolute Gasteiger partial charge is 0.328 e. The summed E-state index contributed by atoms with van der Waals surface area (Å²) in [6.45, 7) is 0.964. The number of esters is 1. The number of ether oxygens (including phenoxy) is 2. The fraction of sp³-hybridized carbons (Fsp3) is 0.200. The Bertz CT molecular complexity index is 1100. The Morgan fingerprint density at radius 2 is 1.79 bits per heavy atom. The van der Waals surface area contributed by atoms with Crippen molar-refractivity contribution in [3.05, 3.63) is 75.6 Å². The van der Waals surface area contributed by atoms with Crippen molar-refractivity contribution in [3.63, 3.8) is 0 Å². The van der Waals surface area contributed by atoms with E-state index in [1.54, 1.807) is 36.4 Å². The van der Waals surface area contributed by atoms with Crippen molar-refractivity contribution in [1.29, 1.82) is 0 Å². The maximum Gasteiger partial charge on any atom is 0.328 e. The highest BCUT2D eigenvalue weighted by Crippen LogP contribution is 2.19. The number of carbonyl (C=O) groups excluding carboxylic acids is 2. The van der Waals surface area contributed by atoms with Gasteiger partial charge in [0.25, 0.3) is 5.52 Å². The fourth-order valence-corrected chi connectivity index (χ4v) is 2.85. The topological polar surface area (TPSA) is 104 Å². The van der Waals surface area contributed by atoms with E-state index in [9.17, 15) is 19.7 Å². The van der Waals surface area contributed by atoms with Crippen molar-refractivity contribution in [2.45, 2.75) is 20.0 Å². The lowest BCUT2D eigenvalue weighted by atomic mass is 10.1. The molecule has 0 amide bonds. The van der Waals surface area contributed by atoms with Crippen LogP contribution in [-0.4, -0.2) is 23.6 Å². The third-order valence-electron chi connectivity index (χ3n) is 4.25. The molecule has 0 aliphatic rings. The predicted octanol–water partition coefficient (Wildman–Crippen LogP) is 2.40. The summed E-state index contributed by atoms with van der Waals surface area (Å²) >= 11 is 0. The number of benzene rings is 2. The molecule has 1 heterocycles. The van der Waals surface area contributed by atoms with Gasteiger partial charge < -0.3 is 19.4 Å². The molecule has 8 heteroatoms. The average Bonchev–Trinajstić information content (AvgIpc) is 2.70. The van der Waals surface area contributed by atoms with Gasteiger partial charge in [0, 0.05) is 17.9 Å². The van der Waals surface area contributed by atoms with Gasteiger partial charge in [0.05, 0.1) is 18.0 Å². The minimum Gasteiger partial charge on any atom is -0.805 e. The Balaban J connectivity index is 1.91. The molecule has 0 radical (unpaired) electrons. The van der Waals surface area contributed by atoms with Crippen LogP contribution in [0.1, 0.15) is 28.7 Å². The van der Waals surface area contributed by atoms with E-state index in [1.807, 2.05) is 0 Å². The molecular weight excluding hydrogens is 364 g/mol. The highest BCUT2D eigenvalue weighted by Gasteiger charge is 2.26. The first-order valence-corrected chi connectivity index (χ1v) is 8.48. The molecule has 0 aliphatic heterocycles. The molecule has 0 saturated heterocycles.